The predicted molar refractivity (Wildman–Crippen MR) is 73.1 cm³/mol. The summed E-state index contributed by atoms with van der Waals surface area (Å²) >= 11 is 3.39. The monoisotopic (exact) mass is 308 g/mol. The van der Waals surface area contributed by atoms with E-state index in [9.17, 15) is 5.11 Å². The average molecular weight is 309 g/mol. The van der Waals surface area contributed by atoms with Crippen LogP contribution >= 0.6 is 15.9 Å². The van der Waals surface area contributed by atoms with E-state index in [0.29, 0.717) is 12.4 Å². The Labute approximate surface area is 114 Å². The molecular weight excluding hydrogens is 296 g/mol. The van der Waals surface area contributed by atoms with Gasteiger partial charge in [0, 0.05) is 10.0 Å². The molecule has 0 bridgehead atoms. The van der Waals surface area contributed by atoms with Crippen LogP contribution in [-0.4, -0.2) is 12.2 Å². The number of phenols is 1. The van der Waals surface area contributed by atoms with E-state index >= 15 is 0 Å². The van der Waals surface area contributed by atoms with Gasteiger partial charge in [0.15, 0.2) is 0 Å². The number of hydrogen-bond donors (Lipinski definition) is 1. The number of phenolic OH excluding ortho intramolecular Hbond substituents is 1. The van der Waals surface area contributed by atoms with Crippen molar-refractivity contribution >= 4 is 15.9 Å². The van der Waals surface area contributed by atoms with Gasteiger partial charge in [-0.3, -0.25) is 0 Å². The molecular formula is C14H13BrO3. The van der Waals surface area contributed by atoms with E-state index in [1.165, 1.54) is 0 Å². The summed E-state index contributed by atoms with van der Waals surface area (Å²) in [7, 11) is 1.63. The number of rotatable bonds is 4. The number of aromatic hydroxyl groups is 1. The molecule has 0 aliphatic heterocycles. The molecule has 2 aromatic rings. The van der Waals surface area contributed by atoms with Gasteiger partial charge < -0.3 is 14.6 Å². The molecule has 94 valence electrons. The summed E-state index contributed by atoms with van der Waals surface area (Å²) in [5.74, 6) is 1.71. The molecule has 0 heterocycles. The van der Waals surface area contributed by atoms with Crippen LogP contribution < -0.4 is 9.47 Å². The minimum absolute atomic E-state index is 0.226. The van der Waals surface area contributed by atoms with Crippen LogP contribution in [0.2, 0.25) is 0 Å². The van der Waals surface area contributed by atoms with Crippen molar-refractivity contribution in [3.05, 3.63) is 52.5 Å². The van der Waals surface area contributed by atoms with Gasteiger partial charge in [-0.2, -0.15) is 0 Å². The lowest BCUT2D eigenvalue weighted by atomic mass is 10.2. The fraction of sp³-hybridized carbons (Fsp3) is 0.143. The molecule has 0 aromatic heterocycles. The SMILES string of the molecule is COc1cc(Br)ccc1COc1ccc(O)cc1. The quantitative estimate of drug-likeness (QED) is 0.935. The van der Waals surface area contributed by atoms with Crippen LogP contribution in [0, 0.1) is 0 Å². The number of benzene rings is 2. The van der Waals surface area contributed by atoms with E-state index in [1.54, 1.807) is 31.4 Å². The van der Waals surface area contributed by atoms with Crippen LogP contribution in [0.1, 0.15) is 5.56 Å². The summed E-state index contributed by atoms with van der Waals surface area (Å²) < 4.78 is 11.9. The van der Waals surface area contributed by atoms with Gasteiger partial charge in [-0.25, -0.2) is 0 Å². The maximum atomic E-state index is 9.17. The second-order valence-corrected chi connectivity index (χ2v) is 4.65. The molecule has 18 heavy (non-hydrogen) atoms. The summed E-state index contributed by atoms with van der Waals surface area (Å²) in [6.45, 7) is 0.418. The molecule has 3 nitrogen and oxygen atoms in total. The smallest absolute Gasteiger partial charge is 0.126 e. The number of halogens is 1. The van der Waals surface area contributed by atoms with Gasteiger partial charge in [0.25, 0.3) is 0 Å². The van der Waals surface area contributed by atoms with E-state index in [4.69, 9.17) is 9.47 Å². The number of ether oxygens (including phenoxy) is 2. The van der Waals surface area contributed by atoms with Crippen LogP contribution in [0.5, 0.6) is 17.2 Å². The molecule has 0 amide bonds. The molecule has 0 aliphatic carbocycles. The number of hydrogen-bond acceptors (Lipinski definition) is 3. The Kier molecular flexibility index (Phi) is 4.10. The average Bonchev–Trinajstić information content (AvgIpc) is 2.39. The van der Waals surface area contributed by atoms with Gasteiger partial charge in [-0.15, -0.1) is 0 Å². The Balaban J connectivity index is 2.08. The maximum absolute atomic E-state index is 9.17. The Morgan fingerprint density at radius 3 is 2.50 bits per heavy atom. The van der Waals surface area contributed by atoms with Crippen molar-refractivity contribution in [1.29, 1.82) is 0 Å². The molecule has 1 N–H and O–H groups in total. The van der Waals surface area contributed by atoms with E-state index < -0.39 is 0 Å². The van der Waals surface area contributed by atoms with Crippen LogP contribution in [-0.2, 0) is 6.61 Å². The molecule has 2 aromatic carbocycles. The minimum atomic E-state index is 0.226. The van der Waals surface area contributed by atoms with Crippen molar-refractivity contribution in [2.45, 2.75) is 6.61 Å². The zero-order valence-corrected chi connectivity index (χ0v) is 11.5. The molecule has 0 saturated carbocycles. The summed E-state index contributed by atoms with van der Waals surface area (Å²) in [5.41, 5.74) is 0.966. The lowest BCUT2D eigenvalue weighted by Gasteiger charge is -2.10. The predicted octanol–water partition coefficient (Wildman–Crippen LogP) is 3.74. The fourth-order valence-corrected chi connectivity index (χ4v) is 1.88. The van der Waals surface area contributed by atoms with Gasteiger partial charge in [0.1, 0.15) is 23.9 Å². The standard InChI is InChI=1S/C14H13BrO3/c1-17-14-8-11(15)3-2-10(14)9-18-13-6-4-12(16)5-7-13/h2-8,16H,9H2,1H3. The van der Waals surface area contributed by atoms with Crippen LogP contribution in [0.3, 0.4) is 0 Å². The Bertz CT molecular complexity index is 523. The third-order valence-electron chi connectivity index (χ3n) is 2.48. The molecule has 0 aliphatic rings. The normalized spacial score (nSPS) is 10.1. The van der Waals surface area contributed by atoms with Crippen molar-refractivity contribution in [1.82, 2.24) is 0 Å². The highest BCUT2D eigenvalue weighted by Crippen LogP contribution is 2.25. The van der Waals surface area contributed by atoms with Crippen LogP contribution in [0.4, 0.5) is 0 Å². The minimum Gasteiger partial charge on any atom is -0.508 e. The molecule has 0 atom stereocenters. The summed E-state index contributed by atoms with van der Waals surface area (Å²) in [6.07, 6.45) is 0. The van der Waals surface area contributed by atoms with Gasteiger partial charge in [0.2, 0.25) is 0 Å². The van der Waals surface area contributed by atoms with Crippen LogP contribution in [0.15, 0.2) is 46.9 Å². The molecule has 0 unspecified atom stereocenters. The molecule has 4 heteroatoms. The largest absolute Gasteiger partial charge is 0.508 e. The lowest BCUT2D eigenvalue weighted by Crippen LogP contribution is -1.98. The molecule has 0 spiro atoms. The molecule has 2 rings (SSSR count). The first kappa shape index (κ1) is 12.8. The van der Waals surface area contributed by atoms with E-state index in [2.05, 4.69) is 15.9 Å². The van der Waals surface area contributed by atoms with Crippen molar-refractivity contribution in [2.75, 3.05) is 7.11 Å². The first-order valence-electron chi connectivity index (χ1n) is 5.43. The third kappa shape index (κ3) is 3.17. The van der Waals surface area contributed by atoms with Crippen molar-refractivity contribution < 1.29 is 14.6 Å². The topological polar surface area (TPSA) is 38.7 Å². The Hall–Kier alpha value is -1.68. The van der Waals surface area contributed by atoms with Gasteiger partial charge in [-0.05, 0) is 36.4 Å². The van der Waals surface area contributed by atoms with Gasteiger partial charge in [-0.1, -0.05) is 22.0 Å². The zero-order valence-electron chi connectivity index (χ0n) is 9.89. The summed E-state index contributed by atoms with van der Waals surface area (Å²) in [4.78, 5) is 0. The first-order chi connectivity index (χ1) is 8.69. The lowest BCUT2D eigenvalue weighted by molar-refractivity contribution is 0.296. The highest BCUT2D eigenvalue weighted by Gasteiger charge is 2.04. The van der Waals surface area contributed by atoms with E-state index in [0.717, 1.165) is 15.8 Å². The fourth-order valence-electron chi connectivity index (χ4n) is 1.54. The highest BCUT2D eigenvalue weighted by molar-refractivity contribution is 9.10. The van der Waals surface area contributed by atoms with Crippen molar-refractivity contribution in [3.8, 4) is 17.2 Å². The first-order valence-corrected chi connectivity index (χ1v) is 6.22. The molecule has 0 saturated heterocycles. The molecule has 0 fully saturated rings. The number of methoxy groups -OCH3 is 1. The Morgan fingerprint density at radius 2 is 1.83 bits per heavy atom. The Morgan fingerprint density at radius 1 is 1.11 bits per heavy atom. The summed E-state index contributed by atoms with van der Waals surface area (Å²) in [6, 6.07) is 12.4. The van der Waals surface area contributed by atoms with E-state index in [1.807, 2.05) is 18.2 Å². The van der Waals surface area contributed by atoms with Crippen molar-refractivity contribution in [3.63, 3.8) is 0 Å². The second-order valence-electron chi connectivity index (χ2n) is 3.74. The highest BCUT2D eigenvalue weighted by atomic mass is 79.9. The van der Waals surface area contributed by atoms with Gasteiger partial charge >= 0.3 is 0 Å². The second kappa shape index (κ2) is 5.78. The third-order valence-corrected chi connectivity index (χ3v) is 2.97. The molecule has 0 radical (unpaired) electrons. The van der Waals surface area contributed by atoms with Gasteiger partial charge in [0.05, 0.1) is 7.11 Å². The maximum Gasteiger partial charge on any atom is 0.126 e. The summed E-state index contributed by atoms with van der Waals surface area (Å²) in [5, 5.41) is 9.17. The van der Waals surface area contributed by atoms with Crippen molar-refractivity contribution in [2.24, 2.45) is 0 Å². The zero-order chi connectivity index (χ0) is 13.0. The van der Waals surface area contributed by atoms with E-state index in [-0.39, 0.29) is 5.75 Å². The van der Waals surface area contributed by atoms with Crippen LogP contribution in [0.25, 0.3) is 0 Å².